The van der Waals surface area contributed by atoms with Crippen molar-refractivity contribution in [3.63, 3.8) is 0 Å². The van der Waals surface area contributed by atoms with Gasteiger partial charge in [0.05, 0.1) is 13.3 Å². The van der Waals surface area contributed by atoms with Gasteiger partial charge < -0.3 is 14.5 Å². The molecule has 1 unspecified atom stereocenters. The fourth-order valence-electron chi connectivity index (χ4n) is 6.02. The lowest BCUT2D eigenvalue weighted by molar-refractivity contribution is -0.405. The molecule has 6 rings (SSSR count). The molecular formula is C32H33ClFN6O2+. The highest BCUT2D eigenvalue weighted by Gasteiger charge is 2.29. The molecule has 2 saturated heterocycles. The summed E-state index contributed by atoms with van der Waals surface area (Å²) in [4.78, 5) is 30.0. The predicted octanol–water partition coefficient (Wildman–Crippen LogP) is 5.49. The Bertz CT molecular complexity index is 1720. The third kappa shape index (κ3) is 5.34. The highest BCUT2D eigenvalue weighted by Crippen LogP contribution is 2.37. The van der Waals surface area contributed by atoms with Gasteiger partial charge in [0.15, 0.2) is 5.82 Å². The number of aromatic nitrogens is 3. The van der Waals surface area contributed by atoms with Crippen LogP contribution in [0.1, 0.15) is 19.3 Å². The Hall–Kier alpha value is -3.95. The number of hydrogen-bond donors (Lipinski definition) is 0. The Labute approximate surface area is 249 Å². The number of fused-ring (bicyclic) bond motifs is 2. The molecule has 0 spiro atoms. The number of benzene rings is 2. The van der Waals surface area contributed by atoms with Gasteiger partial charge in [0.25, 0.3) is 0 Å². The van der Waals surface area contributed by atoms with E-state index in [0.717, 1.165) is 36.6 Å². The first-order valence-corrected chi connectivity index (χ1v) is 14.6. The van der Waals surface area contributed by atoms with Crippen molar-refractivity contribution in [3.05, 3.63) is 66.1 Å². The average molecular weight is 588 g/mol. The van der Waals surface area contributed by atoms with E-state index >= 15 is 4.39 Å². The van der Waals surface area contributed by atoms with Crippen molar-refractivity contribution in [2.75, 3.05) is 40.3 Å². The van der Waals surface area contributed by atoms with Crippen LogP contribution in [0.2, 0.25) is 5.02 Å². The summed E-state index contributed by atoms with van der Waals surface area (Å²) in [5.41, 5.74) is 0.873. The molecule has 2 aliphatic rings. The zero-order chi connectivity index (χ0) is 29.4. The van der Waals surface area contributed by atoms with E-state index < -0.39 is 5.82 Å². The first-order valence-electron chi connectivity index (χ1n) is 14.2. The molecule has 2 aromatic carbocycles. The topological polar surface area (TPSA) is 74.5 Å². The predicted molar refractivity (Wildman–Crippen MR) is 163 cm³/mol. The lowest BCUT2D eigenvalue weighted by Gasteiger charge is -2.18. The molecule has 0 radical (unpaired) electrons. The van der Waals surface area contributed by atoms with Crippen molar-refractivity contribution < 1.29 is 18.5 Å². The van der Waals surface area contributed by atoms with Gasteiger partial charge in [-0.05, 0) is 50.4 Å². The van der Waals surface area contributed by atoms with Gasteiger partial charge in [-0.2, -0.15) is 4.98 Å². The number of likely N-dealkylation sites (tertiary alicyclic amines) is 2. The summed E-state index contributed by atoms with van der Waals surface area (Å²) in [6.07, 6.45) is 7.91. The molecule has 8 nitrogen and oxygen atoms in total. The van der Waals surface area contributed by atoms with Crippen molar-refractivity contribution in [1.82, 2.24) is 24.8 Å². The summed E-state index contributed by atoms with van der Waals surface area (Å²) >= 11 is 6.57. The number of carbonyl (C=O) groups excluding carboxylic acids is 1. The highest BCUT2D eigenvalue weighted by molar-refractivity contribution is 6.36. The van der Waals surface area contributed by atoms with Gasteiger partial charge in [-0.3, -0.25) is 9.78 Å². The number of amides is 1. The zero-order valence-corrected chi connectivity index (χ0v) is 24.5. The average Bonchev–Trinajstić information content (AvgIpc) is 3.64. The normalized spacial score (nSPS) is 19.6. The van der Waals surface area contributed by atoms with E-state index in [-0.39, 0.29) is 35.1 Å². The first-order chi connectivity index (χ1) is 20.3. The number of pyridine rings is 1. The Morgan fingerprint density at radius 1 is 1.21 bits per heavy atom. The van der Waals surface area contributed by atoms with Crippen LogP contribution >= 0.6 is 11.6 Å². The molecule has 42 heavy (non-hydrogen) atoms. The van der Waals surface area contributed by atoms with Gasteiger partial charge in [0, 0.05) is 52.2 Å². The zero-order valence-electron chi connectivity index (χ0n) is 23.8. The third-order valence-electron chi connectivity index (χ3n) is 8.31. The van der Waals surface area contributed by atoms with E-state index in [1.165, 1.54) is 6.08 Å². The van der Waals surface area contributed by atoms with Gasteiger partial charge >= 0.3 is 11.8 Å². The third-order valence-corrected chi connectivity index (χ3v) is 8.62. The van der Waals surface area contributed by atoms with Crippen LogP contribution in [-0.4, -0.2) is 87.8 Å². The first kappa shape index (κ1) is 28.2. The number of rotatable bonds is 7. The molecule has 4 aromatic rings. The molecule has 2 atom stereocenters. The number of nitrogens with zero attached hydrogens (tertiary/aromatic N) is 6. The molecule has 2 aliphatic heterocycles. The number of hydrogen-bond acceptors (Lipinski definition) is 6. The Kier molecular flexibility index (Phi) is 7.88. The Morgan fingerprint density at radius 3 is 2.79 bits per heavy atom. The van der Waals surface area contributed by atoms with E-state index in [4.69, 9.17) is 21.3 Å². The van der Waals surface area contributed by atoms with Crippen molar-refractivity contribution >= 4 is 51.2 Å². The number of likely N-dealkylation sites (N-methyl/N-ethyl adjacent to an activating group) is 1. The van der Waals surface area contributed by atoms with Crippen molar-refractivity contribution in [2.24, 2.45) is 5.92 Å². The van der Waals surface area contributed by atoms with E-state index in [9.17, 15) is 4.79 Å². The quantitative estimate of drug-likeness (QED) is 0.162. The SMILES string of the molecule is C=CC(=O)N1CCC(/C=[N+](/C)c2nc(OC[C@@H]3CCCN3C)nc3c(F)c(-c4cccc5cccc(Cl)c45)ncc23)C1. The smallest absolute Gasteiger partial charge is 0.434 e. The molecule has 216 valence electrons. The van der Waals surface area contributed by atoms with Crippen LogP contribution in [-0.2, 0) is 4.79 Å². The summed E-state index contributed by atoms with van der Waals surface area (Å²) in [5.74, 6) is -0.0585. The van der Waals surface area contributed by atoms with Crippen molar-refractivity contribution in [1.29, 1.82) is 0 Å². The molecule has 0 saturated carbocycles. The van der Waals surface area contributed by atoms with Crippen LogP contribution in [0.25, 0.3) is 32.9 Å². The van der Waals surface area contributed by atoms with E-state index in [2.05, 4.69) is 28.5 Å². The fourth-order valence-corrected chi connectivity index (χ4v) is 6.30. The maximum Gasteiger partial charge on any atom is 0.434 e. The van der Waals surface area contributed by atoms with Crippen LogP contribution in [0.3, 0.4) is 0 Å². The summed E-state index contributed by atoms with van der Waals surface area (Å²) < 4.78 is 24.5. The highest BCUT2D eigenvalue weighted by atomic mass is 35.5. The number of ether oxygens (including phenoxy) is 1. The Morgan fingerprint density at radius 2 is 2.02 bits per heavy atom. The molecule has 0 N–H and O–H groups in total. The summed E-state index contributed by atoms with van der Waals surface area (Å²) in [6, 6.07) is 11.6. The number of halogens is 2. The summed E-state index contributed by atoms with van der Waals surface area (Å²) in [5, 5.41) is 2.60. The van der Waals surface area contributed by atoms with E-state index in [1.54, 1.807) is 17.2 Å². The summed E-state index contributed by atoms with van der Waals surface area (Å²) in [7, 11) is 3.94. The van der Waals surface area contributed by atoms with Crippen LogP contribution in [0.4, 0.5) is 10.2 Å². The standard InChI is InChI=1S/C32H33ClFN6O2/c1-4-26(41)40-15-13-20(18-40)17-39(3)31-24-16-35-29(23-11-5-8-21-9-6-12-25(33)27(21)23)28(34)30(24)36-32(37-31)42-19-22-10-7-14-38(22)2/h4-6,8-9,11-12,16-17,20,22H,1,7,10,13-15,18-19H2,2-3H3/q+1/b39-17-/t20?,22-/m0/s1. The lowest BCUT2D eigenvalue weighted by atomic mass is 10.0. The van der Waals surface area contributed by atoms with Gasteiger partial charge in [-0.25, -0.2) is 8.97 Å². The second-order valence-corrected chi connectivity index (χ2v) is 11.4. The van der Waals surface area contributed by atoms with Crippen LogP contribution in [0.5, 0.6) is 6.01 Å². The minimum atomic E-state index is -0.566. The van der Waals surface area contributed by atoms with Crippen LogP contribution < -0.4 is 4.74 Å². The maximum absolute atomic E-state index is 16.5. The molecule has 2 aromatic heterocycles. The van der Waals surface area contributed by atoms with Crippen molar-refractivity contribution in [2.45, 2.75) is 25.3 Å². The van der Waals surface area contributed by atoms with Gasteiger partial charge in [-0.15, -0.1) is 0 Å². The monoisotopic (exact) mass is 587 g/mol. The minimum absolute atomic E-state index is 0.0825. The molecule has 10 heteroatoms. The molecular weight excluding hydrogens is 555 g/mol. The largest absolute Gasteiger partial charge is 0.443 e. The second kappa shape index (κ2) is 11.7. The van der Waals surface area contributed by atoms with Crippen molar-refractivity contribution in [3.8, 4) is 17.3 Å². The molecule has 2 fully saturated rings. The lowest BCUT2D eigenvalue weighted by Crippen LogP contribution is -2.31. The maximum atomic E-state index is 16.5. The van der Waals surface area contributed by atoms with Crippen LogP contribution in [0.15, 0.2) is 55.3 Å². The van der Waals surface area contributed by atoms with Crippen LogP contribution in [0, 0.1) is 11.7 Å². The molecule has 1 amide bonds. The summed E-state index contributed by atoms with van der Waals surface area (Å²) in [6.45, 7) is 6.25. The minimum Gasteiger partial charge on any atom is -0.443 e. The van der Waals surface area contributed by atoms with Gasteiger partial charge in [0.2, 0.25) is 5.91 Å². The second-order valence-electron chi connectivity index (χ2n) is 11.0. The van der Waals surface area contributed by atoms with Gasteiger partial charge in [-0.1, -0.05) is 48.5 Å². The van der Waals surface area contributed by atoms with E-state index in [1.807, 2.05) is 48.2 Å². The van der Waals surface area contributed by atoms with E-state index in [0.29, 0.717) is 41.5 Å². The van der Waals surface area contributed by atoms with Gasteiger partial charge in [0.1, 0.15) is 23.2 Å². The fraction of sp³-hybridized carbons (Fsp3) is 0.344. The molecule has 4 heterocycles. The number of carbonyl (C=O) groups is 1. The Balaban J connectivity index is 1.44. The molecule has 0 bridgehead atoms. The molecule has 0 aliphatic carbocycles.